The Morgan fingerprint density at radius 3 is 2.67 bits per heavy atom. The van der Waals surface area contributed by atoms with E-state index < -0.39 is 0 Å². The van der Waals surface area contributed by atoms with Gasteiger partial charge in [-0.15, -0.1) is 0 Å². The highest BCUT2D eigenvalue weighted by molar-refractivity contribution is 5.63. The Morgan fingerprint density at radius 2 is 2.05 bits per heavy atom. The number of benzene rings is 1. The molecule has 0 amide bonds. The first-order valence-corrected chi connectivity index (χ1v) is 7.54. The molecule has 0 spiro atoms. The Kier molecular flexibility index (Phi) is 5.38. The van der Waals surface area contributed by atoms with Gasteiger partial charge in [0, 0.05) is 43.1 Å². The van der Waals surface area contributed by atoms with Crippen molar-refractivity contribution in [2.24, 2.45) is 5.92 Å². The molecule has 0 radical (unpaired) electrons. The van der Waals surface area contributed by atoms with Gasteiger partial charge in [0.2, 0.25) is 0 Å². The second-order valence-electron chi connectivity index (χ2n) is 5.71. The quantitative estimate of drug-likeness (QED) is 0.623. The molecule has 6 nitrogen and oxygen atoms in total. The average Bonchev–Trinajstić information content (AvgIpc) is 2.45. The van der Waals surface area contributed by atoms with Crippen LogP contribution in [0.3, 0.4) is 0 Å². The fourth-order valence-corrected chi connectivity index (χ4v) is 2.83. The number of piperidine rings is 1. The predicted octanol–water partition coefficient (Wildman–Crippen LogP) is 2.78. The zero-order valence-corrected chi connectivity index (χ0v) is 12.8. The van der Waals surface area contributed by atoms with Crippen LogP contribution >= 0.6 is 0 Å². The molecule has 1 aromatic rings. The number of hydrogen-bond acceptors (Lipinski definition) is 5. The molecular weight excluding hydrogens is 268 g/mol. The van der Waals surface area contributed by atoms with Crippen LogP contribution in [0.2, 0.25) is 0 Å². The standard InChI is InChI=1S/C15H24N4O2/c1-3-16-13-7-14(9-15(8-13)19(20)21)17-10-12-5-4-6-18(2)11-12/h7-9,12,16-17H,3-6,10-11H2,1-2H3. The number of likely N-dealkylation sites (tertiary alicyclic amines) is 1. The first-order chi connectivity index (χ1) is 10.1. The van der Waals surface area contributed by atoms with Crippen molar-refractivity contribution in [3.8, 4) is 0 Å². The molecule has 1 aliphatic rings. The van der Waals surface area contributed by atoms with Crippen molar-refractivity contribution in [3.63, 3.8) is 0 Å². The number of nitro benzene ring substituents is 1. The van der Waals surface area contributed by atoms with Crippen molar-refractivity contribution >= 4 is 17.1 Å². The third-order valence-corrected chi connectivity index (χ3v) is 3.83. The SMILES string of the molecule is CCNc1cc(NCC2CCCN(C)C2)cc([N+](=O)[O-])c1. The monoisotopic (exact) mass is 292 g/mol. The first-order valence-electron chi connectivity index (χ1n) is 7.54. The van der Waals surface area contributed by atoms with E-state index in [4.69, 9.17) is 0 Å². The lowest BCUT2D eigenvalue weighted by Gasteiger charge is -2.30. The molecule has 0 aromatic heterocycles. The molecule has 1 unspecified atom stereocenters. The molecule has 0 saturated carbocycles. The van der Waals surface area contributed by atoms with Crippen LogP contribution in [0.1, 0.15) is 19.8 Å². The van der Waals surface area contributed by atoms with Crippen LogP contribution in [0.5, 0.6) is 0 Å². The van der Waals surface area contributed by atoms with Gasteiger partial charge in [-0.05, 0) is 45.3 Å². The summed E-state index contributed by atoms with van der Waals surface area (Å²) in [6.45, 7) is 5.83. The molecule has 1 saturated heterocycles. The van der Waals surface area contributed by atoms with Crippen LogP contribution in [-0.4, -0.2) is 43.0 Å². The zero-order chi connectivity index (χ0) is 15.2. The number of nitrogens with one attached hydrogen (secondary N) is 2. The van der Waals surface area contributed by atoms with Gasteiger partial charge in [0.15, 0.2) is 0 Å². The highest BCUT2D eigenvalue weighted by Crippen LogP contribution is 2.25. The van der Waals surface area contributed by atoms with Crippen molar-refractivity contribution in [2.45, 2.75) is 19.8 Å². The number of nitrogens with zero attached hydrogens (tertiary/aromatic N) is 2. The van der Waals surface area contributed by atoms with Gasteiger partial charge >= 0.3 is 0 Å². The van der Waals surface area contributed by atoms with E-state index in [1.807, 2.05) is 13.0 Å². The molecule has 116 valence electrons. The Labute approximate surface area is 125 Å². The van der Waals surface area contributed by atoms with Crippen molar-refractivity contribution in [1.82, 2.24) is 4.90 Å². The van der Waals surface area contributed by atoms with Crippen molar-refractivity contribution in [3.05, 3.63) is 28.3 Å². The van der Waals surface area contributed by atoms with Gasteiger partial charge in [0.05, 0.1) is 4.92 Å². The largest absolute Gasteiger partial charge is 0.385 e. The third kappa shape index (κ3) is 4.60. The summed E-state index contributed by atoms with van der Waals surface area (Å²) in [6, 6.07) is 5.11. The molecule has 0 bridgehead atoms. The molecule has 6 heteroatoms. The van der Waals surface area contributed by atoms with Crippen molar-refractivity contribution in [2.75, 3.05) is 43.9 Å². The number of rotatable bonds is 6. The smallest absolute Gasteiger partial charge is 0.273 e. The molecule has 2 N–H and O–H groups in total. The average molecular weight is 292 g/mol. The second-order valence-corrected chi connectivity index (χ2v) is 5.71. The highest BCUT2D eigenvalue weighted by Gasteiger charge is 2.17. The van der Waals surface area contributed by atoms with E-state index in [-0.39, 0.29) is 10.6 Å². The summed E-state index contributed by atoms with van der Waals surface area (Å²) in [5.41, 5.74) is 1.72. The maximum Gasteiger partial charge on any atom is 0.273 e. The molecule has 1 fully saturated rings. The van der Waals surface area contributed by atoms with Gasteiger partial charge in [0.1, 0.15) is 0 Å². The highest BCUT2D eigenvalue weighted by atomic mass is 16.6. The normalized spacial score (nSPS) is 19.2. The summed E-state index contributed by atoms with van der Waals surface area (Å²) in [4.78, 5) is 13.0. The number of nitro groups is 1. The van der Waals surface area contributed by atoms with Crippen LogP contribution in [0.4, 0.5) is 17.1 Å². The van der Waals surface area contributed by atoms with E-state index in [2.05, 4.69) is 22.6 Å². The van der Waals surface area contributed by atoms with E-state index in [0.717, 1.165) is 37.6 Å². The lowest BCUT2D eigenvalue weighted by atomic mass is 9.98. The minimum absolute atomic E-state index is 0.122. The van der Waals surface area contributed by atoms with Crippen LogP contribution in [0.25, 0.3) is 0 Å². The number of anilines is 2. The summed E-state index contributed by atoms with van der Waals surface area (Å²) < 4.78 is 0. The summed E-state index contributed by atoms with van der Waals surface area (Å²) in [6.07, 6.45) is 2.44. The molecule has 1 heterocycles. The second kappa shape index (κ2) is 7.26. The Balaban J connectivity index is 2.02. The lowest BCUT2D eigenvalue weighted by molar-refractivity contribution is -0.384. The van der Waals surface area contributed by atoms with Crippen LogP contribution < -0.4 is 10.6 Å². The molecule has 21 heavy (non-hydrogen) atoms. The zero-order valence-electron chi connectivity index (χ0n) is 12.8. The molecule has 1 aromatic carbocycles. The van der Waals surface area contributed by atoms with Crippen LogP contribution in [0.15, 0.2) is 18.2 Å². The summed E-state index contributed by atoms with van der Waals surface area (Å²) >= 11 is 0. The van der Waals surface area contributed by atoms with E-state index in [1.165, 1.54) is 12.8 Å². The van der Waals surface area contributed by atoms with E-state index >= 15 is 0 Å². The van der Waals surface area contributed by atoms with Gasteiger partial charge in [-0.2, -0.15) is 0 Å². The van der Waals surface area contributed by atoms with E-state index in [0.29, 0.717) is 5.92 Å². The van der Waals surface area contributed by atoms with Crippen molar-refractivity contribution in [1.29, 1.82) is 0 Å². The maximum absolute atomic E-state index is 11.0. The van der Waals surface area contributed by atoms with Gasteiger partial charge in [0.25, 0.3) is 5.69 Å². The fraction of sp³-hybridized carbons (Fsp3) is 0.600. The molecule has 0 aliphatic carbocycles. The molecular formula is C15H24N4O2. The van der Waals surface area contributed by atoms with E-state index in [1.54, 1.807) is 12.1 Å². The van der Waals surface area contributed by atoms with Crippen molar-refractivity contribution < 1.29 is 4.92 Å². The van der Waals surface area contributed by atoms with Gasteiger partial charge in [-0.25, -0.2) is 0 Å². The molecule has 2 rings (SSSR count). The van der Waals surface area contributed by atoms with Gasteiger partial charge < -0.3 is 15.5 Å². The third-order valence-electron chi connectivity index (χ3n) is 3.83. The maximum atomic E-state index is 11.0. The number of non-ortho nitro benzene ring substituents is 1. The summed E-state index contributed by atoms with van der Waals surface area (Å²) in [7, 11) is 2.14. The molecule has 1 atom stereocenters. The minimum atomic E-state index is -0.347. The molecule has 1 aliphatic heterocycles. The Hall–Kier alpha value is -1.82. The van der Waals surface area contributed by atoms with E-state index in [9.17, 15) is 10.1 Å². The van der Waals surface area contributed by atoms with Crippen LogP contribution in [0, 0.1) is 16.0 Å². The Morgan fingerprint density at radius 1 is 1.33 bits per heavy atom. The first kappa shape index (κ1) is 15.6. The predicted molar refractivity (Wildman–Crippen MR) is 86.0 cm³/mol. The summed E-state index contributed by atoms with van der Waals surface area (Å²) in [5.74, 6) is 0.602. The van der Waals surface area contributed by atoms with Gasteiger partial charge in [-0.1, -0.05) is 0 Å². The number of hydrogen-bond donors (Lipinski definition) is 2. The lowest BCUT2D eigenvalue weighted by Crippen LogP contribution is -2.35. The summed E-state index contributed by atoms with van der Waals surface area (Å²) in [5, 5.41) is 17.5. The van der Waals surface area contributed by atoms with Crippen LogP contribution in [-0.2, 0) is 0 Å². The topological polar surface area (TPSA) is 70.4 Å². The minimum Gasteiger partial charge on any atom is -0.385 e. The Bertz CT molecular complexity index is 493. The fourth-order valence-electron chi connectivity index (χ4n) is 2.83. The van der Waals surface area contributed by atoms with Gasteiger partial charge in [-0.3, -0.25) is 10.1 Å².